The first-order valence-corrected chi connectivity index (χ1v) is 7.82. The fourth-order valence-corrected chi connectivity index (χ4v) is 3.65. The minimum Gasteiger partial charge on any atom is -0.380 e. The molecule has 2 aliphatic rings. The topological polar surface area (TPSA) is 24.5 Å². The molecule has 1 heterocycles. The summed E-state index contributed by atoms with van der Waals surface area (Å²) < 4.78 is 5.53. The van der Waals surface area contributed by atoms with Crippen molar-refractivity contribution < 1.29 is 4.74 Å². The lowest BCUT2D eigenvalue weighted by atomic mass is 9.96. The van der Waals surface area contributed by atoms with Gasteiger partial charge in [0.1, 0.15) is 0 Å². The second kappa shape index (κ2) is 7.46. The molecule has 1 saturated heterocycles. The van der Waals surface area contributed by atoms with Crippen LogP contribution >= 0.6 is 0 Å². The molecule has 0 radical (unpaired) electrons. The van der Waals surface area contributed by atoms with E-state index in [9.17, 15) is 0 Å². The molecule has 3 nitrogen and oxygen atoms in total. The third-order valence-corrected chi connectivity index (χ3v) is 4.69. The van der Waals surface area contributed by atoms with Gasteiger partial charge in [-0.3, -0.25) is 4.90 Å². The van der Waals surface area contributed by atoms with Gasteiger partial charge in [0.05, 0.1) is 6.10 Å². The molecule has 0 amide bonds. The van der Waals surface area contributed by atoms with Crippen LogP contribution in [0.2, 0.25) is 0 Å². The molecule has 2 fully saturated rings. The Morgan fingerprint density at radius 2 is 2.00 bits per heavy atom. The molecule has 18 heavy (non-hydrogen) atoms. The molecular weight excluding hydrogens is 224 g/mol. The quantitative estimate of drug-likeness (QED) is 0.787. The minimum atomic E-state index is 0.463. The molecule has 0 spiro atoms. The number of methoxy groups -OCH3 is 1. The van der Waals surface area contributed by atoms with Gasteiger partial charge in [0.25, 0.3) is 0 Å². The van der Waals surface area contributed by atoms with E-state index in [1.54, 1.807) is 0 Å². The van der Waals surface area contributed by atoms with E-state index in [2.05, 4.69) is 17.1 Å². The monoisotopic (exact) mass is 254 g/mol. The zero-order chi connectivity index (χ0) is 12.8. The first kappa shape index (κ1) is 14.3. The largest absolute Gasteiger partial charge is 0.380 e. The Balaban J connectivity index is 1.83. The smallest absolute Gasteiger partial charge is 0.0698 e. The highest BCUT2D eigenvalue weighted by Crippen LogP contribution is 2.28. The van der Waals surface area contributed by atoms with Crippen molar-refractivity contribution in [3.63, 3.8) is 0 Å². The van der Waals surface area contributed by atoms with E-state index in [0.717, 1.165) is 19.0 Å². The number of piperidine rings is 1. The van der Waals surface area contributed by atoms with Crippen molar-refractivity contribution in [2.45, 2.75) is 57.6 Å². The molecule has 1 saturated carbocycles. The summed E-state index contributed by atoms with van der Waals surface area (Å²) in [5.74, 6) is 0.910. The molecular formula is C15H30N2O. The van der Waals surface area contributed by atoms with Gasteiger partial charge < -0.3 is 10.1 Å². The third kappa shape index (κ3) is 3.94. The maximum Gasteiger partial charge on any atom is 0.0698 e. The Labute approximate surface area is 112 Å². The molecule has 1 N–H and O–H groups in total. The van der Waals surface area contributed by atoms with Crippen LogP contribution in [-0.2, 0) is 4.74 Å². The Hall–Kier alpha value is -0.120. The first-order valence-electron chi connectivity index (χ1n) is 7.82. The number of ether oxygens (including phenoxy) is 1. The summed E-state index contributed by atoms with van der Waals surface area (Å²) in [4.78, 5) is 2.61. The highest BCUT2D eigenvalue weighted by Gasteiger charge is 2.28. The highest BCUT2D eigenvalue weighted by atomic mass is 16.5. The predicted octanol–water partition coefficient (Wildman–Crippen LogP) is 2.27. The maximum absolute atomic E-state index is 5.53. The summed E-state index contributed by atoms with van der Waals surface area (Å²) in [5, 5.41) is 3.72. The lowest BCUT2D eigenvalue weighted by Gasteiger charge is -2.36. The Morgan fingerprint density at radius 3 is 2.67 bits per heavy atom. The molecule has 2 rings (SSSR count). The van der Waals surface area contributed by atoms with Crippen molar-refractivity contribution in [2.24, 2.45) is 5.92 Å². The second-order valence-corrected chi connectivity index (χ2v) is 5.97. The van der Waals surface area contributed by atoms with Crippen LogP contribution in [0, 0.1) is 5.92 Å². The lowest BCUT2D eigenvalue weighted by molar-refractivity contribution is 0.0256. The molecule has 2 atom stereocenters. The molecule has 1 aliphatic carbocycles. The summed E-state index contributed by atoms with van der Waals surface area (Å²) >= 11 is 0. The van der Waals surface area contributed by atoms with Crippen LogP contribution < -0.4 is 5.32 Å². The van der Waals surface area contributed by atoms with Crippen molar-refractivity contribution >= 4 is 0 Å². The molecule has 1 aliphatic heterocycles. The molecule has 0 bridgehead atoms. The van der Waals surface area contributed by atoms with Crippen molar-refractivity contribution in [2.75, 3.05) is 33.3 Å². The highest BCUT2D eigenvalue weighted by molar-refractivity contribution is 4.85. The van der Waals surface area contributed by atoms with Gasteiger partial charge in [0.2, 0.25) is 0 Å². The summed E-state index contributed by atoms with van der Waals surface area (Å²) in [6.07, 6.45) is 8.73. The van der Waals surface area contributed by atoms with Crippen molar-refractivity contribution in [1.82, 2.24) is 10.2 Å². The molecule has 106 valence electrons. The van der Waals surface area contributed by atoms with E-state index in [0.29, 0.717) is 12.1 Å². The van der Waals surface area contributed by atoms with E-state index >= 15 is 0 Å². The standard InChI is InChI=1S/C15H30N2O/c1-3-16-15(13-7-4-5-8-13)12-17-10-6-9-14(11-17)18-2/h13-16H,3-12H2,1-2H3. The van der Waals surface area contributed by atoms with E-state index in [1.165, 1.54) is 51.6 Å². The Bertz CT molecular complexity index is 229. The van der Waals surface area contributed by atoms with E-state index < -0.39 is 0 Å². The molecule has 0 aromatic heterocycles. The maximum atomic E-state index is 5.53. The van der Waals surface area contributed by atoms with Crippen LogP contribution in [0.1, 0.15) is 45.4 Å². The van der Waals surface area contributed by atoms with Crippen LogP contribution in [0.5, 0.6) is 0 Å². The Morgan fingerprint density at radius 1 is 1.22 bits per heavy atom. The van der Waals surface area contributed by atoms with Crippen molar-refractivity contribution in [1.29, 1.82) is 0 Å². The average Bonchev–Trinajstić information content (AvgIpc) is 2.92. The number of likely N-dealkylation sites (tertiary alicyclic amines) is 1. The second-order valence-electron chi connectivity index (χ2n) is 5.97. The molecule has 3 heteroatoms. The van der Waals surface area contributed by atoms with Gasteiger partial charge in [0.15, 0.2) is 0 Å². The number of nitrogens with zero attached hydrogens (tertiary/aromatic N) is 1. The van der Waals surface area contributed by atoms with Gasteiger partial charge in [-0.05, 0) is 44.7 Å². The number of hydrogen-bond acceptors (Lipinski definition) is 3. The van der Waals surface area contributed by atoms with Gasteiger partial charge in [-0.2, -0.15) is 0 Å². The fourth-order valence-electron chi connectivity index (χ4n) is 3.65. The van der Waals surface area contributed by atoms with Gasteiger partial charge in [0, 0.05) is 26.2 Å². The van der Waals surface area contributed by atoms with E-state index in [1.807, 2.05) is 7.11 Å². The summed E-state index contributed by atoms with van der Waals surface area (Å²) in [5.41, 5.74) is 0. The fraction of sp³-hybridized carbons (Fsp3) is 1.00. The first-order chi connectivity index (χ1) is 8.83. The number of likely N-dealkylation sites (N-methyl/N-ethyl adjacent to an activating group) is 1. The summed E-state index contributed by atoms with van der Waals surface area (Å²) in [6.45, 7) is 6.94. The average molecular weight is 254 g/mol. The normalized spacial score (nSPS) is 28.7. The minimum absolute atomic E-state index is 0.463. The Kier molecular flexibility index (Phi) is 5.93. The number of hydrogen-bond donors (Lipinski definition) is 1. The van der Waals surface area contributed by atoms with E-state index in [4.69, 9.17) is 4.74 Å². The lowest BCUT2D eigenvalue weighted by Crippen LogP contribution is -2.49. The molecule has 0 aromatic carbocycles. The SMILES string of the molecule is CCNC(CN1CCCC(OC)C1)C1CCCC1. The van der Waals surface area contributed by atoms with Crippen molar-refractivity contribution in [3.8, 4) is 0 Å². The number of rotatable bonds is 6. The summed E-state index contributed by atoms with van der Waals surface area (Å²) in [6, 6.07) is 0.702. The van der Waals surface area contributed by atoms with Gasteiger partial charge in [-0.15, -0.1) is 0 Å². The van der Waals surface area contributed by atoms with Crippen LogP contribution in [0.25, 0.3) is 0 Å². The predicted molar refractivity (Wildman–Crippen MR) is 75.9 cm³/mol. The molecule has 0 aromatic rings. The van der Waals surface area contributed by atoms with E-state index in [-0.39, 0.29) is 0 Å². The van der Waals surface area contributed by atoms with Gasteiger partial charge >= 0.3 is 0 Å². The third-order valence-electron chi connectivity index (χ3n) is 4.69. The zero-order valence-electron chi connectivity index (χ0n) is 12.2. The van der Waals surface area contributed by atoms with Crippen LogP contribution in [0.3, 0.4) is 0 Å². The van der Waals surface area contributed by atoms with Crippen molar-refractivity contribution in [3.05, 3.63) is 0 Å². The van der Waals surface area contributed by atoms with Gasteiger partial charge in [-0.25, -0.2) is 0 Å². The summed E-state index contributed by atoms with van der Waals surface area (Å²) in [7, 11) is 1.85. The van der Waals surface area contributed by atoms with Crippen LogP contribution in [-0.4, -0.2) is 50.3 Å². The van der Waals surface area contributed by atoms with Gasteiger partial charge in [-0.1, -0.05) is 19.8 Å². The van der Waals surface area contributed by atoms with Crippen LogP contribution in [0.15, 0.2) is 0 Å². The molecule has 2 unspecified atom stereocenters. The zero-order valence-corrected chi connectivity index (χ0v) is 12.2. The number of nitrogens with one attached hydrogen (secondary N) is 1. The van der Waals surface area contributed by atoms with Crippen LogP contribution in [0.4, 0.5) is 0 Å².